The van der Waals surface area contributed by atoms with Gasteiger partial charge in [0.2, 0.25) is 0 Å². The van der Waals surface area contributed by atoms with E-state index in [4.69, 9.17) is 4.74 Å². The summed E-state index contributed by atoms with van der Waals surface area (Å²) in [4.78, 5) is 11.5. The summed E-state index contributed by atoms with van der Waals surface area (Å²) < 4.78 is 5.22. The number of ether oxygens (including phenoxy) is 1. The number of benzene rings is 1. The van der Waals surface area contributed by atoms with Crippen molar-refractivity contribution in [3.05, 3.63) is 29.8 Å². The molecule has 1 rings (SSSR count). The minimum Gasteiger partial charge on any atom is -0.459 e. The van der Waals surface area contributed by atoms with Crippen LogP contribution in [0.2, 0.25) is 0 Å². The second kappa shape index (κ2) is 6.43. The van der Waals surface area contributed by atoms with Gasteiger partial charge in [-0.15, -0.1) is 0 Å². The molecule has 0 unspecified atom stereocenters. The van der Waals surface area contributed by atoms with Crippen LogP contribution in [0.3, 0.4) is 0 Å². The van der Waals surface area contributed by atoms with E-state index in [1.807, 2.05) is 32.9 Å². The zero-order valence-corrected chi connectivity index (χ0v) is 11.7. The van der Waals surface area contributed by atoms with E-state index in [1.54, 1.807) is 0 Å². The first-order valence-corrected chi connectivity index (χ1v) is 6.45. The van der Waals surface area contributed by atoms with Gasteiger partial charge in [0.25, 0.3) is 0 Å². The fraction of sp³-hybridized carbons (Fsp3) is 0.533. The summed E-state index contributed by atoms with van der Waals surface area (Å²) in [6, 6.07) is 8.16. The highest BCUT2D eigenvalue weighted by atomic mass is 16.6. The van der Waals surface area contributed by atoms with Gasteiger partial charge in [-0.1, -0.05) is 25.5 Å². The summed E-state index contributed by atoms with van der Waals surface area (Å²) >= 11 is 0. The Kier molecular flexibility index (Phi) is 5.20. The molecule has 0 aliphatic rings. The maximum atomic E-state index is 11.5. The number of carbonyl (C=O) groups excluding carboxylic acids is 1. The molecule has 0 saturated carbocycles. The standard InChI is InChI=1S/C15H23NO2/c1-5-6-12-7-9-13(10-8-12)16-11-14(17)18-15(2,3)4/h7-10,16H,5-6,11H2,1-4H3. The number of nitrogens with one attached hydrogen (secondary N) is 1. The third-order valence-corrected chi connectivity index (χ3v) is 2.35. The van der Waals surface area contributed by atoms with Gasteiger partial charge >= 0.3 is 5.97 Å². The molecule has 0 saturated heterocycles. The molecule has 0 fully saturated rings. The lowest BCUT2D eigenvalue weighted by atomic mass is 10.1. The molecule has 0 amide bonds. The summed E-state index contributed by atoms with van der Waals surface area (Å²) in [7, 11) is 0. The fourth-order valence-corrected chi connectivity index (χ4v) is 1.63. The van der Waals surface area contributed by atoms with Crippen molar-refractivity contribution in [3.63, 3.8) is 0 Å². The number of hydrogen-bond acceptors (Lipinski definition) is 3. The summed E-state index contributed by atoms with van der Waals surface area (Å²) in [5.41, 5.74) is 1.84. The van der Waals surface area contributed by atoms with E-state index in [9.17, 15) is 4.79 Å². The van der Waals surface area contributed by atoms with E-state index < -0.39 is 5.60 Å². The van der Waals surface area contributed by atoms with Gasteiger partial charge in [0.1, 0.15) is 12.1 Å². The molecule has 3 heteroatoms. The van der Waals surface area contributed by atoms with Crippen LogP contribution in [-0.4, -0.2) is 18.1 Å². The smallest absolute Gasteiger partial charge is 0.325 e. The SMILES string of the molecule is CCCc1ccc(NCC(=O)OC(C)(C)C)cc1. The monoisotopic (exact) mass is 249 g/mol. The largest absolute Gasteiger partial charge is 0.459 e. The highest BCUT2D eigenvalue weighted by Gasteiger charge is 2.15. The van der Waals surface area contributed by atoms with Crippen LogP contribution in [0.4, 0.5) is 5.69 Å². The highest BCUT2D eigenvalue weighted by Crippen LogP contribution is 2.11. The van der Waals surface area contributed by atoms with Gasteiger partial charge in [-0.25, -0.2) is 0 Å². The van der Waals surface area contributed by atoms with E-state index in [0.29, 0.717) is 0 Å². The Morgan fingerprint density at radius 3 is 2.33 bits per heavy atom. The highest BCUT2D eigenvalue weighted by molar-refractivity contribution is 5.75. The molecular weight excluding hydrogens is 226 g/mol. The van der Waals surface area contributed by atoms with Crippen molar-refractivity contribution in [2.45, 2.75) is 46.1 Å². The van der Waals surface area contributed by atoms with E-state index in [1.165, 1.54) is 5.56 Å². The van der Waals surface area contributed by atoms with E-state index in [-0.39, 0.29) is 12.5 Å². The second-order valence-corrected chi connectivity index (χ2v) is 5.39. The fourth-order valence-electron chi connectivity index (χ4n) is 1.63. The number of aryl methyl sites for hydroxylation is 1. The molecule has 1 N–H and O–H groups in total. The molecule has 0 heterocycles. The van der Waals surface area contributed by atoms with Gasteiger partial charge in [-0.2, -0.15) is 0 Å². The Balaban J connectivity index is 2.41. The van der Waals surface area contributed by atoms with Gasteiger partial charge in [0, 0.05) is 5.69 Å². The molecule has 0 atom stereocenters. The molecule has 1 aromatic carbocycles. The number of anilines is 1. The summed E-state index contributed by atoms with van der Waals surface area (Å²) in [5, 5.41) is 3.06. The summed E-state index contributed by atoms with van der Waals surface area (Å²) in [6.07, 6.45) is 2.23. The Morgan fingerprint density at radius 1 is 1.22 bits per heavy atom. The quantitative estimate of drug-likeness (QED) is 0.813. The van der Waals surface area contributed by atoms with Gasteiger partial charge < -0.3 is 10.1 Å². The van der Waals surface area contributed by atoms with Gasteiger partial charge in [-0.3, -0.25) is 4.79 Å². The molecule has 3 nitrogen and oxygen atoms in total. The molecule has 0 aromatic heterocycles. The third-order valence-electron chi connectivity index (χ3n) is 2.35. The zero-order chi connectivity index (χ0) is 13.6. The Bertz CT molecular complexity index is 376. The van der Waals surface area contributed by atoms with Crippen LogP contribution in [0.1, 0.15) is 39.7 Å². The van der Waals surface area contributed by atoms with Gasteiger partial charge in [0.15, 0.2) is 0 Å². The average Bonchev–Trinajstić information content (AvgIpc) is 2.26. The van der Waals surface area contributed by atoms with Crippen LogP contribution in [0.15, 0.2) is 24.3 Å². The van der Waals surface area contributed by atoms with Crippen LogP contribution in [-0.2, 0) is 16.0 Å². The molecule has 0 spiro atoms. The molecule has 0 radical (unpaired) electrons. The zero-order valence-electron chi connectivity index (χ0n) is 11.7. The number of carbonyl (C=O) groups is 1. The van der Waals surface area contributed by atoms with Crippen LogP contribution in [0.25, 0.3) is 0 Å². The minimum absolute atomic E-state index is 0.199. The topological polar surface area (TPSA) is 38.3 Å². The van der Waals surface area contributed by atoms with Crippen molar-refractivity contribution in [1.82, 2.24) is 0 Å². The van der Waals surface area contributed by atoms with Crippen LogP contribution < -0.4 is 5.32 Å². The number of hydrogen-bond donors (Lipinski definition) is 1. The maximum Gasteiger partial charge on any atom is 0.325 e. The van der Waals surface area contributed by atoms with Crippen LogP contribution in [0, 0.1) is 0 Å². The Morgan fingerprint density at radius 2 is 1.83 bits per heavy atom. The molecule has 0 aliphatic carbocycles. The first kappa shape index (κ1) is 14.6. The van der Waals surface area contributed by atoms with E-state index in [2.05, 4.69) is 24.4 Å². The van der Waals surface area contributed by atoms with Crippen molar-refractivity contribution in [1.29, 1.82) is 0 Å². The molecule has 0 aliphatic heterocycles. The first-order chi connectivity index (χ1) is 8.40. The predicted molar refractivity (Wildman–Crippen MR) is 74.8 cm³/mol. The lowest BCUT2D eigenvalue weighted by Crippen LogP contribution is -2.28. The molecule has 100 valence electrons. The van der Waals surface area contributed by atoms with Crippen molar-refractivity contribution in [2.75, 3.05) is 11.9 Å². The molecule has 18 heavy (non-hydrogen) atoms. The summed E-state index contributed by atoms with van der Waals surface area (Å²) in [6.45, 7) is 7.96. The van der Waals surface area contributed by atoms with E-state index >= 15 is 0 Å². The van der Waals surface area contributed by atoms with Crippen molar-refractivity contribution >= 4 is 11.7 Å². The minimum atomic E-state index is -0.427. The number of rotatable bonds is 5. The van der Waals surface area contributed by atoms with Crippen LogP contribution >= 0.6 is 0 Å². The van der Waals surface area contributed by atoms with Crippen molar-refractivity contribution in [3.8, 4) is 0 Å². The molecule has 0 bridgehead atoms. The van der Waals surface area contributed by atoms with Crippen molar-refractivity contribution in [2.24, 2.45) is 0 Å². The number of esters is 1. The van der Waals surface area contributed by atoms with Gasteiger partial charge in [0.05, 0.1) is 0 Å². The third kappa shape index (κ3) is 5.71. The average molecular weight is 249 g/mol. The van der Waals surface area contributed by atoms with Crippen molar-refractivity contribution < 1.29 is 9.53 Å². The first-order valence-electron chi connectivity index (χ1n) is 6.45. The lowest BCUT2D eigenvalue weighted by Gasteiger charge is -2.19. The Hall–Kier alpha value is -1.51. The molecular formula is C15H23NO2. The second-order valence-electron chi connectivity index (χ2n) is 5.39. The van der Waals surface area contributed by atoms with E-state index in [0.717, 1.165) is 18.5 Å². The van der Waals surface area contributed by atoms with Gasteiger partial charge in [-0.05, 0) is 44.9 Å². The Labute approximate surface area is 110 Å². The lowest BCUT2D eigenvalue weighted by molar-refractivity contribution is -0.152. The normalized spacial score (nSPS) is 11.1. The maximum absolute atomic E-state index is 11.5. The molecule has 1 aromatic rings. The summed E-state index contributed by atoms with van der Waals surface area (Å²) in [5.74, 6) is -0.236. The van der Waals surface area contributed by atoms with Crippen LogP contribution in [0.5, 0.6) is 0 Å². The predicted octanol–water partition coefficient (Wildman–Crippen LogP) is 3.39.